The molecule has 4 aromatic rings. The highest BCUT2D eigenvalue weighted by Crippen LogP contribution is 2.34. The smallest absolute Gasteiger partial charge is 0.326 e. The van der Waals surface area contributed by atoms with E-state index in [4.69, 9.17) is 0 Å². The summed E-state index contributed by atoms with van der Waals surface area (Å²) in [4.78, 5) is 19.0. The molecule has 8 nitrogen and oxygen atoms in total. The zero-order valence-corrected chi connectivity index (χ0v) is 23.1. The van der Waals surface area contributed by atoms with Crippen molar-refractivity contribution in [3.05, 3.63) is 82.7 Å². The summed E-state index contributed by atoms with van der Waals surface area (Å²) >= 11 is 0. The van der Waals surface area contributed by atoms with E-state index in [0.717, 1.165) is 47.7 Å². The van der Waals surface area contributed by atoms with Crippen molar-refractivity contribution in [3.63, 3.8) is 0 Å². The maximum atomic E-state index is 14.0. The number of aryl methyl sites for hydroxylation is 1. The number of carbonyl (C=O) groups is 1. The summed E-state index contributed by atoms with van der Waals surface area (Å²) in [7, 11) is 4.24. The van der Waals surface area contributed by atoms with Gasteiger partial charge in [0.2, 0.25) is 0 Å². The number of urea groups is 1. The van der Waals surface area contributed by atoms with Crippen LogP contribution in [0.3, 0.4) is 0 Å². The summed E-state index contributed by atoms with van der Waals surface area (Å²) in [5, 5.41) is 12.8. The number of carbonyl (C=O) groups excluding carboxylic acids is 1. The minimum absolute atomic E-state index is 0.0595. The number of aromatic nitrogens is 3. The third kappa shape index (κ3) is 7.03. The van der Waals surface area contributed by atoms with Crippen LogP contribution in [0.5, 0.6) is 0 Å². The van der Waals surface area contributed by atoms with Gasteiger partial charge in [0.15, 0.2) is 5.65 Å². The Balaban J connectivity index is 1.27. The largest absolute Gasteiger partial charge is 0.416 e. The molecule has 0 radical (unpaired) electrons. The Bertz CT molecular complexity index is 1640. The molecule has 0 bridgehead atoms. The number of alkyl halides is 3. The number of piperazine rings is 1. The third-order valence-corrected chi connectivity index (χ3v) is 7.24. The van der Waals surface area contributed by atoms with E-state index >= 15 is 0 Å². The number of benzene rings is 2. The predicted molar refractivity (Wildman–Crippen MR) is 152 cm³/mol. The molecule has 1 aliphatic rings. The number of pyridine rings is 1. The molecular formula is C30H31F3N7O+. The summed E-state index contributed by atoms with van der Waals surface area (Å²) in [6, 6.07) is 10.4. The highest BCUT2D eigenvalue weighted by atomic mass is 19.4. The fraction of sp³-hybridized carbons (Fsp3) is 0.300. The average Bonchev–Trinajstić information content (AvgIpc) is 3.38. The Hall–Kier alpha value is -4.40. The minimum Gasteiger partial charge on any atom is -0.326 e. The summed E-state index contributed by atoms with van der Waals surface area (Å²) in [5.74, 6) is 6.16. The molecule has 2 amide bonds. The second-order valence-corrected chi connectivity index (χ2v) is 10.9. The lowest BCUT2D eigenvalue weighted by molar-refractivity contribution is -0.894. The lowest BCUT2D eigenvalue weighted by Gasteiger charge is -2.39. The quantitative estimate of drug-likeness (QED) is 0.235. The first-order chi connectivity index (χ1) is 19.4. The minimum atomic E-state index is -4.54. The van der Waals surface area contributed by atoms with Crippen LogP contribution in [-0.4, -0.2) is 70.9 Å². The van der Waals surface area contributed by atoms with Gasteiger partial charge >= 0.3 is 12.2 Å². The van der Waals surface area contributed by atoms with Crippen LogP contribution in [0, 0.1) is 18.8 Å². The molecule has 0 unspecified atom stereocenters. The van der Waals surface area contributed by atoms with E-state index in [1.165, 1.54) is 12.1 Å². The van der Waals surface area contributed by atoms with Crippen LogP contribution in [0.25, 0.3) is 11.0 Å². The van der Waals surface area contributed by atoms with Gasteiger partial charge in [-0.15, -0.1) is 0 Å². The van der Waals surface area contributed by atoms with Crippen LogP contribution in [0.4, 0.5) is 29.3 Å². The number of amides is 2. The fourth-order valence-electron chi connectivity index (χ4n) is 4.68. The van der Waals surface area contributed by atoms with Crippen molar-refractivity contribution in [2.24, 2.45) is 0 Å². The van der Waals surface area contributed by atoms with Gasteiger partial charge in [-0.1, -0.05) is 24.0 Å². The topological polar surface area (TPSA) is 85.9 Å². The fourth-order valence-corrected chi connectivity index (χ4v) is 4.68. The molecule has 2 aromatic carbocycles. The van der Waals surface area contributed by atoms with Gasteiger partial charge in [-0.25, -0.2) is 9.78 Å². The number of fused-ring (bicyclic) bond motifs is 1. The van der Waals surface area contributed by atoms with Gasteiger partial charge in [-0.05, 0) is 48.4 Å². The molecule has 0 atom stereocenters. The standard InChI is InChI=1S/C30H30F3N7O/c1-20-4-8-25(15-22(20)6-5-21-14-24-18-35-38-28(24)34-17-21)36-29(41)37-26-9-7-23(27(16-26)30(31,32)33)19-39-10-12-40(2,3)13-11-39/h4,7-9,14-18H,10-13,19H2,1-3H3,(H2-,34,35,36,37,38,41)/p+1. The van der Waals surface area contributed by atoms with Gasteiger partial charge in [0, 0.05) is 53.7 Å². The molecule has 1 saturated heterocycles. The summed E-state index contributed by atoms with van der Waals surface area (Å²) in [6.45, 7) is 5.33. The van der Waals surface area contributed by atoms with Gasteiger partial charge in [0.05, 0.1) is 38.9 Å². The van der Waals surface area contributed by atoms with Crippen LogP contribution >= 0.6 is 0 Å². The van der Waals surface area contributed by atoms with Crippen molar-refractivity contribution in [3.8, 4) is 11.8 Å². The van der Waals surface area contributed by atoms with Crippen molar-refractivity contribution >= 4 is 28.4 Å². The molecular weight excluding hydrogens is 531 g/mol. The number of anilines is 2. The van der Waals surface area contributed by atoms with E-state index in [1.54, 1.807) is 24.5 Å². The number of nitrogens with one attached hydrogen (secondary N) is 3. The molecule has 5 rings (SSSR count). The van der Waals surface area contributed by atoms with Crippen LogP contribution in [0.2, 0.25) is 0 Å². The molecule has 0 aliphatic carbocycles. The van der Waals surface area contributed by atoms with Crippen LogP contribution in [0.15, 0.2) is 54.9 Å². The summed E-state index contributed by atoms with van der Waals surface area (Å²) in [5.41, 5.74) is 2.95. The maximum absolute atomic E-state index is 14.0. The molecule has 2 aromatic heterocycles. The zero-order chi connectivity index (χ0) is 29.2. The van der Waals surface area contributed by atoms with Crippen LogP contribution < -0.4 is 10.6 Å². The second kappa shape index (κ2) is 11.2. The van der Waals surface area contributed by atoms with E-state index in [0.29, 0.717) is 22.5 Å². The number of likely N-dealkylation sites (N-methyl/N-ethyl adjacent to an activating group) is 1. The Morgan fingerprint density at radius 3 is 2.46 bits per heavy atom. The second-order valence-electron chi connectivity index (χ2n) is 10.9. The van der Waals surface area contributed by atoms with Crippen molar-refractivity contribution < 1.29 is 22.4 Å². The van der Waals surface area contributed by atoms with Crippen LogP contribution in [-0.2, 0) is 12.7 Å². The number of aromatic amines is 1. The van der Waals surface area contributed by atoms with E-state index in [2.05, 4.69) is 51.8 Å². The monoisotopic (exact) mass is 562 g/mol. The van der Waals surface area contributed by atoms with Crippen LogP contribution in [0.1, 0.15) is 27.8 Å². The van der Waals surface area contributed by atoms with E-state index in [1.807, 2.05) is 24.0 Å². The van der Waals surface area contributed by atoms with Crippen molar-refractivity contribution in [2.75, 3.05) is 50.9 Å². The highest BCUT2D eigenvalue weighted by Gasteiger charge is 2.35. The number of hydrogen-bond donors (Lipinski definition) is 3. The van der Waals surface area contributed by atoms with E-state index in [9.17, 15) is 18.0 Å². The summed E-state index contributed by atoms with van der Waals surface area (Å²) in [6.07, 6.45) is -1.23. The molecule has 3 heterocycles. The Kier molecular flexibility index (Phi) is 7.71. The third-order valence-electron chi connectivity index (χ3n) is 7.24. The number of H-pyrrole nitrogens is 1. The first-order valence-electron chi connectivity index (χ1n) is 13.2. The summed E-state index contributed by atoms with van der Waals surface area (Å²) < 4.78 is 42.7. The first kappa shape index (κ1) is 28.1. The Morgan fingerprint density at radius 2 is 1.73 bits per heavy atom. The molecule has 0 saturated carbocycles. The molecule has 212 valence electrons. The van der Waals surface area contributed by atoms with Gasteiger partial charge < -0.3 is 15.1 Å². The van der Waals surface area contributed by atoms with Crippen molar-refractivity contribution in [1.29, 1.82) is 0 Å². The van der Waals surface area contributed by atoms with E-state index < -0.39 is 17.8 Å². The van der Waals surface area contributed by atoms with Gasteiger partial charge in [0.1, 0.15) is 0 Å². The number of quaternary nitrogens is 1. The number of hydrogen-bond acceptors (Lipinski definition) is 4. The Labute approximate surface area is 236 Å². The number of halogens is 3. The van der Waals surface area contributed by atoms with E-state index in [-0.39, 0.29) is 17.8 Å². The lowest BCUT2D eigenvalue weighted by Crippen LogP contribution is -2.54. The Morgan fingerprint density at radius 1 is 1.02 bits per heavy atom. The van der Waals surface area contributed by atoms with Gasteiger partial charge in [0.25, 0.3) is 0 Å². The maximum Gasteiger partial charge on any atom is 0.416 e. The van der Waals surface area contributed by atoms with Crippen molar-refractivity contribution in [1.82, 2.24) is 20.1 Å². The molecule has 11 heteroatoms. The first-order valence-corrected chi connectivity index (χ1v) is 13.2. The number of rotatable bonds is 4. The molecule has 0 spiro atoms. The van der Waals surface area contributed by atoms with Gasteiger partial charge in [-0.3, -0.25) is 10.00 Å². The molecule has 1 fully saturated rings. The van der Waals surface area contributed by atoms with Gasteiger partial charge in [-0.2, -0.15) is 18.3 Å². The molecule has 1 aliphatic heterocycles. The lowest BCUT2D eigenvalue weighted by atomic mass is 10.0. The van der Waals surface area contributed by atoms with Crippen molar-refractivity contribution in [2.45, 2.75) is 19.6 Å². The normalized spacial score (nSPS) is 15.3. The molecule has 41 heavy (non-hydrogen) atoms. The average molecular weight is 563 g/mol. The molecule has 3 N–H and O–H groups in total. The zero-order valence-electron chi connectivity index (χ0n) is 23.1. The number of nitrogens with zero attached hydrogens (tertiary/aromatic N) is 4. The SMILES string of the molecule is Cc1ccc(NC(=O)Nc2ccc(CN3CC[N+](C)(C)CC3)c(C(F)(F)F)c2)cc1C#Cc1cnc2[nH]ncc2c1. The predicted octanol–water partition coefficient (Wildman–Crippen LogP) is 5.22. The highest BCUT2D eigenvalue weighted by molar-refractivity contribution is 6.00.